The number of aliphatic hydroxyl groups excluding tert-OH is 1. The van der Waals surface area contributed by atoms with Gasteiger partial charge in [0.15, 0.2) is 0 Å². The van der Waals surface area contributed by atoms with Gasteiger partial charge in [-0.2, -0.15) is 5.16 Å². The molecule has 0 radical (unpaired) electrons. The summed E-state index contributed by atoms with van der Waals surface area (Å²) in [5.41, 5.74) is -0.725. The van der Waals surface area contributed by atoms with E-state index in [1.165, 1.54) is 0 Å². The van der Waals surface area contributed by atoms with Crippen molar-refractivity contribution in [2.75, 3.05) is 46.4 Å². The van der Waals surface area contributed by atoms with Crippen LogP contribution in [0.5, 0.6) is 0 Å². The maximum atomic E-state index is 12.6. The Morgan fingerprint density at radius 3 is 2.80 bits per heavy atom. The Labute approximate surface area is 145 Å². The molecule has 9 nitrogen and oxygen atoms in total. The topological polar surface area (TPSA) is 110 Å². The summed E-state index contributed by atoms with van der Waals surface area (Å²) in [5, 5.41) is 11.3. The molecule has 3 rings (SSSR count). The molecule has 1 spiro atoms. The van der Waals surface area contributed by atoms with Gasteiger partial charge >= 0.3 is 0 Å². The zero-order chi connectivity index (χ0) is 18.0. The molecule has 0 saturated carbocycles. The van der Waals surface area contributed by atoms with E-state index in [1.54, 1.807) is 9.80 Å². The van der Waals surface area contributed by atoms with Crippen LogP contribution in [0.3, 0.4) is 0 Å². The van der Waals surface area contributed by atoms with Gasteiger partial charge in [-0.15, -0.1) is 0 Å². The lowest BCUT2D eigenvalue weighted by atomic mass is 9.86. The highest BCUT2D eigenvalue weighted by Crippen LogP contribution is 2.32. The van der Waals surface area contributed by atoms with Crippen molar-refractivity contribution >= 4 is 11.8 Å². The normalized spacial score (nSPS) is 25.4. The molecule has 2 amide bonds. The fraction of sp³-hybridized carbons (Fsp3) is 0.688. The molecule has 0 bridgehead atoms. The second-order valence-corrected chi connectivity index (χ2v) is 6.80. The third kappa shape index (κ3) is 3.47. The summed E-state index contributed by atoms with van der Waals surface area (Å²) >= 11 is 0. The lowest BCUT2D eigenvalue weighted by Gasteiger charge is -2.49. The number of hydrogen-bond donors (Lipinski definition) is 2. The Kier molecular flexibility index (Phi) is 4.96. The predicted octanol–water partition coefficient (Wildman–Crippen LogP) is -0.901. The first kappa shape index (κ1) is 17.7. The first-order valence-corrected chi connectivity index (χ1v) is 8.53. The van der Waals surface area contributed by atoms with Crippen LogP contribution < -0.4 is 5.56 Å². The molecule has 2 fully saturated rings. The monoisotopic (exact) mass is 352 g/mol. The molecule has 2 aliphatic rings. The number of nitrogens with one attached hydrogen (secondary N) is 1. The first-order valence-electron chi connectivity index (χ1n) is 8.53. The van der Waals surface area contributed by atoms with Crippen LogP contribution in [0.25, 0.3) is 0 Å². The highest BCUT2D eigenvalue weighted by Gasteiger charge is 2.43. The van der Waals surface area contributed by atoms with E-state index in [1.807, 2.05) is 7.05 Å². The quantitative estimate of drug-likeness (QED) is 0.729. The van der Waals surface area contributed by atoms with Crippen LogP contribution in [-0.4, -0.2) is 88.7 Å². The van der Waals surface area contributed by atoms with Crippen molar-refractivity contribution in [1.82, 2.24) is 19.9 Å². The Bertz CT molecular complexity index is 699. The van der Waals surface area contributed by atoms with Gasteiger partial charge in [0, 0.05) is 44.7 Å². The second kappa shape index (κ2) is 7.01. The Balaban J connectivity index is 1.77. The number of nitrogens with zero attached hydrogens (tertiary/aromatic N) is 3. The van der Waals surface area contributed by atoms with Crippen LogP contribution in [0.2, 0.25) is 0 Å². The van der Waals surface area contributed by atoms with E-state index >= 15 is 0 Å². The Morgan fingerprint density at radius 2 is 2.12 bits per heavy atom. The Hall–Kier alpha value is -2.13. The maximum absolute atomic E-state index is 12.6. The standard InChI is InChI=1S/C16H24N4O5/c1-18-6-7-20(15(24)12-10-13(22)17-25-12)11-16(18)3-2-14(23)19(5-4-16)8-9-21/h10,21H,2-9,11H2,1H3,(H,17,22)/t16-/m0/s1. The molecule has 0 aliphatic carbocycles. The number of carbonyl (C=O) groups excluding carboxylic acids is 2. The molecule has 2 saturated heterocycles. The minimum Gasteiger partial charge on any atom is -0.395 e. The van der Waals surface area contributed by atoms with Gasteiger partial charge in [-0.25, -0.2) is 0 Å². The van der Waals surface area contributed by atoms with Crippen LogP contribution in [-0.2, 0) is 4.79 Å². The zero-order valence-corrected chi connectivity index (χ0v) is 14.4. The molecule has 0 unspecified atom stereocenters. The zero-order valence-electron chi connectivity index (χ0n) is 14.4. The summed E-state index contributed by atoms with van der Waals surface area (Å²) < 4.78 is 4.94. The fourth-order valence-corrected chi connectivity index (χ4v) is 3.77. The number of hydrogen-bond acceptors (Lipinski definition) is 6. The summed E-state index contributed by atoms with van der Waals surface area (Å²) in [6.07, 6.45) is 1.78. The predicted molar refractivity (Wildman–Crippen MR) is 88.1 cm³/mol. The summed E-state index contributed by atoms with van der Waals surface area (Å²) in [7, 11) is 2.02. The van der Waals surface area contributed by atoms with E-state index in [0.29, 0.717) is 45.6 Å². The van der Waals surface area contributed by atoms with E-state index < -0.39 is 5.56 Å². The number of aromatic nitrogens is 1. The van der Waals surface area contributed by atoms with E-state index in [4.69, 9.17) is 9.63 Å². The number of carbonyl (C=O) groups is 2. The highest BCUT2D eigenvalue weighted by atomic mass is 16.5. The largest absolute Gasteiger partial charge is 0.395 e. The molecule has 138 valence electrons. The SMILES string of the molecule is CN1CCN(C(=O)c2cc(=O)[nH]o2)C[C@@]12CCC(=O)N(CCO)CC2. The van der Waals surface area contributed by atoms with Crippen molar-refractivity contribution in [2.45, 2.75) is 24.8 Å². The van der Waals surface area contributed by atoms with Gasteiger partial charge in [0.2, 0.25) is 11.7 Å². The van der Waals surface area contributed by atoms with Crippen molar-refractivity contribution in [1.29, 1.82) is 0 Å². The molecule has 1 aromatic heterocycles. The molecule has 1 aromatic rings. The number of likely N-dealkylation sites (N-methyl/N-ethyl adjacent to an activating group) is 1. The van der Waals surface area contributed by atoms with Gasteiger partial charge in [-0.1, -0.05) is 0 Å². The van der Waals surface area contributed by atoms with Gasteiger partial charge in [0.05, 0.1) is 12.7 Å². The molecular formula is C16H24N4O5. The number of rotatable bonds is 3. The molecule has 0 aromatic carbocycles. The van der Waals surface area contributed by atoms with Gasteiger partial charge in [-0.3, -0.25) is 19.3 Å². The number of likely N-dealkylation sites (tertiary alicyclic amines) is 1. The van der Waals surface area contributed by atoms with E-state index in [-0.39, 0.29) is 29.7 Å². The molecule has 25 heavy (non-hydrogen) atoms. The number of amides is 2. The third-order valence-electron chi connectivity index (χ3n) is 5.40. The van der Waals surface area contributed by atoms with Crippen LogP contribution in [0.15, 0.2) is 15.4 Å². The summed E-state index contributed by atoms with van der Waals surface area (Å²) in [6.45, 7) is 2.57. The second-order valence-electron chi connectivity index (χ2n) is 6.80. The number of aliphatic hydroxyl groups is 1. The maximum Gasteiger partial charge on any atom is 0.292 e. The molecule has 1 atom stereocenters. The molecule has 3 heterocycles. The third-order valence-corrected chi connectivity index (χ3v) is 5.40. The van der Waals surface area contributed by atoms with Crippen LogP contribution in [0.1, 0.15) is 29.8 Å². The van der Waals surface area contributed by atoms with Crippen LogP contribution in [0.4, 0.5) is 0 Å². The smallest absolute Gasteiger partial charge is 0.292 e. The van der Waals surface area contributed by atoms with Crippen molar-refractivity contribution in [3.8, 4) is 0 Å². The molecule has 2 N–H and O–H groups in total. The van der Waals surface area contributed by atoms with Gasteiger partial charge < -0.3 is 19.4 Å². The minimum absolute atomic E-state index is 0.0105. The van der Waals surface area contributed by atoms with Gasteiger partial charge in [0.1, 0.15) is 0 Å². The number of β-amino-alcohol motifs (C(OH)–C–C–N with tert-alkyl or cyclic N) is 1. The molecule has 2 aliphatic heterocycles. The van der Waals surface area contributed by atoms with Gasteiger partial charge in [-0.05, 0) is 19.9 Å². The number of H-pyrrole nitrogens is 1. The van der Waals surface area contributed by atoms with Gasteiger partial charge in [0.25, 0.3) is 11.5 Å². The Morgan fingerprint density at radius 1 is 1.32 bits per heavy atom. The van der Waals surface area contributed by atoms with Crippen molar-refractivity contribution in [3.05, 3.63) is 22.2 Å². The van der Waals surface area contributed by atoms with Crippen molar-refractivity contribution in [2.24, 2.45) is 0 Å². The average Bonchev–Trinajstić information content (AvgIpc) is 2.97. The minimum atomic E-state index is -0.438. The van der Waals surface area contributed by atoms with Crippen molar-refractivity contribution < 1.29 is 19.2 Å². The van der Waals surface area contributed by atoms with Crippen molar-refractivity contribution in [3.63, 3.8) is 0 Å². The highest BCUT2D eigenvalue weighted by molar-refractivity contribution is 5.91. The summed E-state index contributed by atoms with van der Waals surface area (Å²) in [5.74, 6) is -0.260. The van der Waals surface area contributed by atoms with E-state index in [9.17, 15) is 14.4 Å². The lowest BCUT2D eigenvalue weighted by molar-refractivity contribution is -0.131. The number of piperazine rings is 1. The molecule has 9 heteroatoms. The number of aromatic amines is 1. The first-order chi connectivity index (χ1) is 11.9. The lowest BCUT2D eigenvalue weighted by Crippen LogP contribution is -2.62. The fourth-order valence-electron chi connectivity index (χ4n) is 3.77. The van der Waals surface area contributed by atoms with E-state index in [0.717, 1.165) is 12.5 Å². The average molecular weight is 352 g/mol. The van der Waals surface area contributed by atoms with Crippen LogP contribution >= 0.6 is 0 Å². The van der Waals surface area contributed by atoms with E-state index in [2.05, 4.69) is 10.1 Å². The summed E-state index contributed by atoms with van der Waals surface area (Å²) in [6, 6.07) is 1.16. The van der Waals surface area contributed by atoms with Crippen LogP contribution in [0, 0.1) is 0 Å². The molecular weight excluding hydrogens is 328 g/mol. The summed E-state index contributed by atoms with van der Waals surface area (Å²) in [4.78, 5) is 41.7.